The average Bonchev–Trinajstić information content (AvgIpc) is 2.42. The molecule has 0 fully saturated rings. The molecule has 0 radical (unpaired) electrons. The lowest BCUT2D eigenvalue weighted by Crippen LogP contribution is -2.10. The Bertz CT molecular complexity index is 926. The lowest BCUT2D eigenvalue weighted by Gasteiger charge is -2.13. The van der Waals surface area contributed by atoms with Crippen molar-refractivity contribution in [1.82, 2.24) is 0 Å². The third-order valence-corrected chi connectivity index (χ3v) is 4.39. The van der Waals surface area contributed by atoms with Crippen LogP contribution in [0, 0.1) is 0 Å². The van der Waals surface area contributed by atoms with Gasteiger partial charge in [0.15, 0.2) is 0 Å². The molecule has 3 rings (SSSR count). The zero-order chi connectivity index (χ0) is 15.2. The van der Waals surface area contributed by atoms with Gasteiger partial charge in [-0.3, -0.25) is 4.57 Å². The molecule has 0 atom stereocenters. The number of carbonyl (C=O) groups is 1. The van der Waals surface area contributed by atoms with Gasteiger partial charge in [0.25, 0.3) is 0 Å². The van der Waals surface area contributed by atoms with Crippen molar-refractivity contribution >= 4 is 40.4 Å². The van der Waals surface area contributed by atoms with Gasteiger partial charge >= 0.3 is 13.6 Å². The molecule has 21 heavy (non-hydrogen) atoms. The van der Waals surface area contributed by atoms with Crippen LogP contribution in [0.3, 0.4) is 0 Å². The Kier molecular flexibility index (Phi) is 3.06. The van der Waals surface area contributed by atoms with E-state index < -0.39 is 13.6 Å². The molecule has 0 aliphatic heterocycles. The summed E-state index contributed by atoms with van der Waals surface area (Å²) in [5, 5.41) is 11.0. The fourth-order valence-corrected chi connectivity index (χ4v) is 3.38. The summed E-state index contributed by atoms with van der Waals surface area (Å²) < 4.78 is 11.7. The topological polar surface area (TPSA) is 94.8 Å². The predicted molar refractivity (Wildman–Crippen MR) is 80.1 cm³/mol. The minimum Gasteiger partial charge on any atom is -0.478 e. The van der Waals surface area contributed by atoms with Crippen molar-refractivity contribution in [2.24, 2.45) is 0 Å². The van der Waals surface area contributed by atoms with Crippen molar-refractivity contribution in [2.75, 3.05) is 0 Å². The summed E-state index contributed by atoms with van der Waals surface area (Å²) in [6, 6.07) is 13.0. The molecule has 6 heteroatoms. The van der Waals surface area contributed by atoms with Gasteiger partial charge in [-0.2, -0.15) is 0 Å². The first-order valence-electron chi connectivity index (χ1n) is 6.13. The van der Waals surface area contributed by atoms with Crippen LogP contribution in [0.4, 0.5) is 0 Å². The van der Waals surface area contributed by atoms with Gasteiger partial charge in [0.1, 0.15) is 0 Å². The lowest BCUT2D eigenvalue weighted by atomic mass is 9.97. The first-order chi connectivity index (χ1) is 9.89. The van der Waals surface area contributed by atoms with Gasteiger partial charge in [-0.25, -0.2) is 4.79 Å². The standard InChI is InChI=1S/C15H11O5P/c16-15(17)14-11-6-2-1-4-9(11)8-10-5-3-7-12(13(10)14)21(18,19)20/h1-8H,(H,16,17)(H2,18,19,20). The number of fused-ring (bicyclic) bond motifs is 2. The normalized spacial score (nSPS) is 11.9. The van der Waals surface area contributed by atoms with Gasteiger partial charge < -0.3 is 14.9 Å². The van der Waals surface area contributed by atoms with E-state index in [4.69, 9.17) is 0 Å². The van der Waals surface area contributed by atoms with Crippen molar-refractivity contribution < 1.29 is 24.3 Å². The summed E-state index contributed by atoms with van der Waals surface area (Å²) in [5.74, 6) is -1.21. The SMILES string of the molecule is O=C(O)c1c2ccccc2cc2cccc(P(=O)(O)O)c12. The van der Waals surface area contributed by atoms with Crippen LogP contribution in [0.15, 0.2) is 48.5 Å². The Morgan fingerprint density at radius 3 is 2.29 bits per heavy atom. The molecule has 0 aliphatic rings. The van der Waals surface area contributed by atoms with Gasteiger partial charge in [0.2, 0.25) is 0 Å². The number of carboxylic acids is 1. The largest absolute Gasteiger partial charge is 0.478 e. The van der Waals surface area contributed by atoms with E-state index >= 15 is 0 Å². The first-order valence-corrected chi connectivity index (χ1v) is 7.74. The molecule has 0 unspecified atom stereocenters. The second-order valence-electron chi connectivity index (χ2n) is 4.70. The molecule has 5 nitrogen and oxygen atoms in total. The summed E-state index contributed by atoms with van der Waals surface area (Å²) in [7, 11) is -4.57. The molecule has 0 aromatic heterocycles. The number of hydrogen-bond donors (Lipinski definition) is 3. The lowest BCUT2D eigenvalue weighted by molar-refractivity contribution is 0.0701. The Morgan fingerprint density at radius 2 is 1.62 bits per heavy atom. The van der Waals surface area contributed by atoms with E-state index in [0.29, 0.717) is 16.2 Å². The summed E-state index contributed by atoms with van der Waals surface area (Å²) in [4.78, 5) is 30.6. The predicted octanol–water partition coefficient (Wildman–Crippen LogP) is 2.49. The third-order valence-electron chi connectivity index (χ3n) is 3.39. The second kappa shape index (κ2) is 4.67. The summed E-state index contributed by atoms with van der Waals surface area (Å²) in [6.45, 7) is 0. The zero-order valence-electron chi connectivity index (χ0n) is 10.7. The second-order valence-corrected chi connectivity index (χ2v) is 6.27. The summed E-state index contributed by atoms with van der Waals surface area (Å²) in [5.41, 5.74) is -0.0815. The van der Waals surface area contributed by atoms with Crippen LogP contribution in [-0.2, 0) is 4.57 Å². The van der Waals surface area contributed by atoms with Crippen molar-refractivity contribution in [3.63, 3.8) is 0 Å². The molecule has 0 bridgehead atoms. The minimum absolute atomic E-state index is 0.0815. The molecule has 3 aromatic carbocycles. The average molecular weight is 302 g/mol. The molecule has 0 saturated heterocycles. The number of carboxylic acid groups (broad SMARTS) is 1. The van der Waals surface area contributed by atoms with Gasteiger partial charge in [-0.1, -0.05) is 36.4 Å². The highest BCUT2D eigenvalue weighted by molar-refractivity contribution is 7.60. The molecule has 0 spiro atoms. The minimum atomic E-state index is -4.57. The van der Waals surface area contributed by atoms with E-state index in [-0.39, 0.29) is 16.3 Å². The van der Waals surface area contributed by atoms with Crippen molar-refractivity contribution in [2.45, 2.75) is 0 Å². The highest BCUT2D eigenvalue weighted by Gasteiger charge is 2.25. The smallest absolute Gasteiger partial charge is 0.356 e. The third kappa shape index (κ3) is 2.21. The maximum atomic E-state index is 11.7. The van der Waals surface area contributed by atoms with Crippen LogP contribution < -0.4 is 5.30 Å². The first kappa shape index (κ1) is 13.8. The maximum absolute atomic E-state index is 11.7. The number of benzene rings is 3. The van der Waals surface area contributed by atoms with E-state index in [2.05, 4.69) is 0 Å². The van der Waals surface area contributed by atoms with E-state index in [0.717, 1.165) is 0 Å². The Labute approximate surface area is 119 Å². The molecular weight excluding hydrogens is 291 g/mol. The molecule has 0 amide bonds. The highest BCUT2D eigenvalue weighted by atomic mass is 31.2. The van der Waals surface area contributed by atoms with Crippen LogP contribution >= 0.6 is 7.60 Å². The van der Waals surface area contributed by atoms with Crippen molar-refractivity contribution in [3.05, 3.63) is 54.1 Å². The monoisotopic (exact) mass is 302 g/mol. The highest BCUT2D eigenvalue weighted by Crippen LogP contribution is 2.39. The fourth-order valence-electron chi connectivity index (χ4n) is 2.57. The van der Waals surface area contributed by atoms with Crippen LogP contribution in [0.25, 0.3) is 21.5 Å². The van der Waals surface area contributed by atoms with Crippen molar-refractivity contribution in [1.29, 1.82) is 0 Å². The Balaban J connectivity index is 2.64. The molecule has 3 aromatic rings. The van der Waals surface area contributed by atoms with E-state index in [1.54, 1.807) is 36.4 Å². The summed E-state index contributed by atoms with van der Waals surface area (Å²) in [6.07, 6.45) is 0. The van der Waals surface area contributed by atoms with Crippen LogP contribution in [0.1, 0.15) is 10.4 Å². The number of rotatable bonds is 2. The van der Waals surface area contributed by atoms with E-state index in [1.165, 1.54) is 12.1 Å². The molecular formula is C15H11O5P. The van der Waals surface area contributed by atoms with Crippen LogP contribution in [0.5, 0.6) is 0 Å². The number of aromatic carboxylic acids is 1. The summed E-state index contributed by atoms with van der Waals surface area (Å²) >= 11 is 0. The molecule has 0 saturated carbocycles. The van der Waals surface area contributed by atoms with E-state index in [9.17, 15) is 24.3 Å². The van der Waals surface area contributed by atoms with Gasteiger partial charge in [-0.15, -0.1) is 0 Å². The van der Waals surface area contributed by atoms with Gasteiger partial charge in [0.05, 0.1) is 10.9 Å². The van der Waals surface area contributed by atoms with Crippen LogP contribution in [0.2, 0.25) is 0 Å². The zero-order valence-corrected chi connectivity index (χ0v) is 11.6. The van der Waals surface area contributed by atoms with Gasteiger partial charge in [0, 0.05) is 5.39 Å². The fraction of sp³-hybridized carbons (Fsp3) is 0. The molecule has 0 heterocycles. The molecule has 106 valence electrons. The quantitative estimate of drug-likeness (QED) is 0.499. The number of hydrogen-bond acceptors (Lipinski definition) is 2. The van der Waals surface area contributed by atoms with Crippen LogP contribution in [-0.4, -0.2) is 20.9 Å². The molecule has 3 N–H and O–H groups in total. The van der Waals surface area contributed by atoms with E-state index in [1.807, 2.05) is 0 Å². The van der Waals surface area contributed by atoms with Gasteiger partial charge in [-0.05, 0) is 28.3 Å². The molecule has 0 aliphatic carbocycles. The Hall–Kier alpha value is -2.20. The maximum Gasteiger partial charge on any atom is 0.356 e. The Morgan fingerprint density at radius 1 is 0.952 bits per heavy atom. The van der Waals surface area contributed by atoms with Crippen molar-refractivity contribution in [3.8, 4) is 0 Å².